The molecule has 0 unspecified atom stereocenters. The number of anilines is 1. The summed E-state index contributed by atoms with van der Waals surface area (Å²) in [7, 11) is -3.45. The van der Waals surface area contributed by atoms with Crippen molar-refractivity contribution < 1.29 is 13.2 Å². The van der Waals surface area contributed by atoms with Gasteiger partial charge in [-0.15, -0.1) is 11.3 Å². The van der Waals surface area contributed by atoms with Gasteiger partial charge in [0.2, 0.25) is 10.0 Å². The van der Waals surface area contributed by atoms with Crippen LogP contribution in [-0.4, -0.2) is 52.8 Å². The lowest BCUT2D eigenvalue weighted by molar-refractivity contribution is 0.122. The highest BCUT2D eigenvalue weighted by atomic mass is 32.2. The lowest BCUT2D eigenvalue weighted by Crippen LogP contribution is -2.36. The molecule has 1 aromatic heterocycles. The van der Waals surface area contributed by atoms with Crippen molar-refractivity contribution in [1.82, 2.24) is 15.0 Å². The zero-order valence-electron chi connectivity index (χ0n) is 14.8. The van der Waals surface area contributed by atoms with Crippen molar-refractivity contribution in [1.29, 1.82) is 0 Å². The quantitative estimate of drug-likeness (QED) is 0.656. The van der Waals surface area contributed by atoms with Crippen LogP contribution in [0.3, 0.4) is 0 Å². The fraction of sp³-hybridized carbons (Fsp3) is 0.471. The van der Waals surface area contributed by atoms with Crippen LogP contribution >= 0.6 is 11.3 Å². The molecule has 1 aromatic carbocycles. The first-order valence-electron chi connectivity index (χ1n) is 8.59. The molecule has 0 atom stereocenters. The highest BCUT2D eigenvalue weighted by molar-refractivity contribution is 7.89. The molecular weight excluding hydrogens is 372 g/mol. The Labute approximate surface area is 158 Å². The molecule has 0 saturated carbocycles. The minimum atomic E-state index is -3.45. The predicted octanol–water partition coefficient (Wildman–Crippen LogP) is 1.36. The van der Waals surface area contributed by atoms with E-state index in [1.165, 1.54) is 0 Å². The van der Waals surface area contributed by atoms with Crippen molar-refractivity contribution in [3.05, 3.63) is 40.9 Å². The molecule has 0 aliphatic carbocycles. The Morgan fingerprint density at radius 3 is 2.65 bits per heavy atom. The molecule has 0 radical (unpaired) electrons. The lowest BCUT2D eigenvalue weighted by Gasteiger charge is -2.25. The molecule has 7 nitrogen and oxygen atoms in total. The first-order chi connectivity index (χ1) is 12.5. The third-order valence-corrected chi connectivity index (χ3v) is 6.58. The minimum absolute atomic E-state index is 0.292. The number of aryl methyl sites for hydroxylation is 1. The second-order valence-corrected chi connectivity index (χ2v) is 8.96. The summed E-state index contributed by atoms with van der Waals surface area (Å²) in [4.78, 5) is 8.12. The summed E-state index contributed by atoms with van der Waals surface area (Å²) < 4.78 is 32.3. The zero-order chi connectivity index (χ0) is 18.4. The van der Waals surface area contributed by atoms with Crippen LogP contribution in [0.1, 0.15) is 10.4 Å². The molecule has 1 saturated heterocycles. The monoisotopic (exact) mass is 396 g/mol. The predicted molar refractivity (Wildman–Crippen MR) is 103 cm³/mol. The summed E-state index contributed by atoms with van der Waals surface area (Å²) in [5.41, 5.74) is 1.03. The summed E-state index contributed by atoms with van der Waals surface area (Å²) >= 11 is 1.66. The number of nitrogens with zero attached hydrogens (tertiary/aromatic N) is 2. The van der Waals surface area contributed by atoms with Gasteiger partial charge in [0.25, 0.3) is 0 Å². The SMILES string of the molecule is Cc1ccc(S(=O)(=O)NCCNCc2cnc(N3CCOCC3)s2)cc1. The Morgan fingerprint density at radius 2 is 1.92 bits per heavy atom. The van der Waals surface area contributed by atoms with Gasteiger partial charge in [0.1, 0.15) is 0 Å². The van der Waals surface area contributed by atoms with Crippen molar-refractivity contribution in [3.8, 4) is 0 Å². The molecule has 142 valence electrons. The summed E-state index contributed by atoms with van der Waals surface area (Å²) in [6.07, 6.45) is 1.87. The first-order valence-corrected chi connectivity index (χ1v) is 10.9. The van der Waals surface area contributed by atoms with Gasteiger partial charge in [-0.05, 0) is 19.1 Å². The van der Waals surface area contributed by atoms with E-state index in [9.17, 15) is 8.42 Å². The van der Waals surface area contributed by atoms with E-state index in [1.54, 1.807) is 35.6 Å². The van der Waals surface area contributed by atoms with E-state index in [0.717, 1.165) is 41.9 Å². The van der Waals surface area contributed by atoms with Crippen molar-refractivity contribution in [2.75, 3.05) is 44.3 Å². The van der Waals surface area contributed by atoms with Crippen LogP contribution in [0.5, 0.6) is 0 Å². The number of ether oxygens (including phenoxy) is 1. The van der Waals surface area contributed by atoms with Crippen LogP contribution in [0.4, 0.5) is 5.13 Å². The fourth-order valence-corrected chi connectivity index (χ4v) is 4.53. The third kappa shape index (κ3) is 5.24. The van der Waals surface area contributed by atoms with E-state index in [-0.39, 0.29) is 0 Å². The van der Waals surface area contributed by atoms with Crippen molar-refractivity contribution in [2.24, 2.45) is 0 Å². The number of hydrogen-bond acceptors (Lipinski definition) is 7. The Bertz CT molecular complexity index is 800. The molecule has 26 heavy (non-hydrogen) atoms. The first kappa shape index (κ1) is 19.2. The smallest absolute Gasteiger partial charge is 0.240 e. The van der Waals surface area contributed by atoms with Gasteiger partial charge in [0.05, 0.1) is 18.1 Å². The Balaban J connectivity index is 1.40. The largest absolute Gasteiger partial charge is 0.378 e. The maximum absolute atomic E-state index is 12.2. The van der Waals surface area contributed by atoms with Crippen molar-refractivity contribution in [2.45, 2.75) is 18.4 Å². The van der Waals surface area contributed by atoms with Crippen molar-refractivity contribution >= 4 is 26.5 Å². The molecule has 0 spiro atoms. The van der Waals surface area contributed by atoms with Gasteiger partial charge in [-0.1, -0.05) is 17.7 Å². The summed E-state index contributed by atoms with van der Waals surface area (Å²) in [6.45, 7) is 6.73. The van der Waals surface area contributed by atoms with Gasteiger partial charge in [0.15, 0.2) is 5.13 Å². The third-order valence-electron chi connectivity index (χ3n) is 4.05. The molecule has 2 heterocycles. The van der Waals surface area contributed by atoms with Gasteiger partial charge in [-0.2, -0.15) is 0 Å². The molecule has 2 aromatic rings. The normalized spacial score (nSPS) is 15.3. The van der Waals surface area contributed by atoms with E-state index in [4.69, 9.17) is 4.74 Å². The molecule has 1 aliphatic heterocycles. The molecule has 1 fully saturated rings. The molecule has 0 amide bonds. The molecule has 3 rings (SSSR count). The van der Waals surface area contributed by atoms with Crippen molar-refractivity contribution in [3.63, 3.8) is 0 Å². The van der Waals surface area contributed by atoms with E-state index in [2.05, 4.69) is 19.9 Å². The van der Waals surface area contributed by atoms with E-state index in [1.807, 2.05) is 13.1 Å². The highest BCUT2D eigenvalue weighted by Crippen LogP contribution is 2.23. The maximum Gasteiger partial charge on any atom is 0.240 e. The van der Waals surface area contributed by atoms with Crippen LogP contribution in [0.25, 0.3) is 0 Å². The Kier molecular flexibility index (Phi) is 6.60. The topological polar surface area (TPSA) is 83.6 Å². The van der Waals surface area contributed by atoms with E-state index in [0.29, 0.717) is 24.5 Å². The molecule has 0 bridgehead atoms. The van der Waals surface area contributed by atoms with Crippen LogP contribution in [0, 0.1) is 6.92 Å². The van der Waals surface area contributed by atoms with E-state index < -0.39 is 10.0 Å². The summed E-state index contributed by atoms with van der Waals surface area (Å²) in [6, 6.07) is 6.83. The van der Waals surface area contributed by atoms with Crippen LogP contribution in [0.2, 0.25) is 0 Å². The summed E-state index contributed by atoms with van der Waals surface area (Å²) in [5.74, 6) is 0. The van der Waals surface area contributed by atoms with Crippen LogP contribution in [0.15, 0.2) is 35.4 Å². The number of hydrogen-bond donors (Lipinski definition) is 2. The average Bonchev–Trinajstić information content (AvgIpc) is 3.11. The number of thiazole rings is 1. The van der Waals surface area contributed by atoms with Gasteiger partial charge in [-0.3, -0.25) is 0 Å². The molecule has 1 aliphatic rings. The number of morpholine rings is 1. The average molecular weight is 397 g/mol. The van der Waals surface area contributed by atoms with Gasteiger partial charge < -0.3 is 15.0 Å². The number of rotatable bonds is 8. The highest BCUT2D eigenvalue weighted by Gasteiger charge is 2.15. The second-order valence-electron chi connectivity index (χ2n) is 6.10. The fourth-order valence-electron chi connectivity index (χ4n) is 2.57. The minimum Gasteiger partial charge on any atom is -0.378 e. The van der Waals surface area contributed by atoms with Gasteiger partial charge >= 0.3 is 0 Å². The molecular formula is C17H24N4O3S2. The maximum atomic E-state index is 12.2. The second kappa shape index (κ2) is 8.92. The summed E-state index contributed by atoms with van der Waals surface area (Å²) in [5, 5.41) is 4.27. The molecule has 9 heteroatoms. The number of nitrogens with one attached hydrogen (secondary N) is 2. The standard InChI is InChI=1S/C17H24N4O3S2/c1-14-2-4-16(5-3-14)26(22,23)20-7-6-18-12-15-13-19-17(25-15)21-8-10-24-11-9-21/h2-5,13,18,20H,6-12H2,1H3. The van der Waals surface area contributed by atoms with Crippen LogP contribution < -0.4 is 14.9 Å². The van der Waals surface area contributed by atoms with Gasteiger partial charge in [0, 0.05) is 43.8 Å². The zero-order valence-corrected chi connectivity index (χ0v) is 16.4. The lowest BCUT2D eigenvalue weighted by atomic mass is 10.2. The number of benzene rings is 1. The van der Waals surface area contributed by atoms with Gasteiger partial charge in [-0.25, -0.2) is 18.1 Å². The van der Waals surface area contributed by atoms with E-state index >= 15 is 0 Å². The number of aromatic nitrogens is 1. The van der Waals surface area contributed by atoms with Crippen LogP contribution in [-0.2, 0) is 21.3 Å². The Hall–Kier alpha value is -1.52. The Morgan fingerprint density at radius 1 is 1.19 bits per heavy atom. The molecule has 2 N–H and O–H groups in total. The number of sulfonamides is 1.